The SMILES string of the molecule is CCCCCCCCCOc1c(O)c(OC(=O)O)cc(CCCC)c1CCCC. The Bertz CT molecular complexity index is 597. The zero-order valence-corrected chi connectivity index (χ0v) is 18.6. The van der Waals surface area contributed by atoms with Gasteiger partial charge in [0.05, 0.1) is 6.61 Å². The van der Waals surface area contributed by atoms with Crippen molar-refractivity contribution in [1.29, 1.82) is 0 Å². The molecule has 29 heavy (non-hydrogen) atoms. The molecule has 0 atom stereocenters. The molecule has 0 spiro atoms. The van der Waals surface area contributed by atoms with E-state index in [1.807, 2.05) is 0 Å². The molecular weight excluding hydrogens is 368 g/mol. The summed E-state index contributed by atoms with van der Waals surface area (Å²) in [7, 11) is 0. The molecule has 0 heterocycles. The number of aromatic hydroxyl groups is 1. The van der Waals surface area contributed by atoms with Crippen LogP contribution in [-0.4, -0.2) is 23.0 Å². The summed E-state index contributed by atoms with van der Waals surface area (Å²) in [5, 5.41) is 19.7. The van der Waals surface area contributed by atoms with Crippen LogP contribution in [0, 0.1) is 0 Å². The third kappa shape index (κ3) is 9.42. The predicted molar refractivity (Wildman–Crippen MR) is 117 cm³/mol. The third-order valence-electron chi connectivity index (χ3n) is 5.19. The van der Waals surface area contributed by atoms with Crippen LogP contribution >= 0.6 is 0 Å². The summed E-state index contributed by atoms with van der Waals surface area (Å²) < 4.78 is 10.8. The van der Waals surface area contributed by atoms with E-state index in [1.165, 1.54) is 32.1 Å². The molecule has 0 aliphatic heterocycles. The minimum absolute atomic E-state index is 0.0292. The summed E-state index contributed by atoms with van der Waals surface area (Å²) in [6.07, 6.45) is 12.6. The van der Waals surface area contributed by atoms with E-state index in [4.69, 9.17) is 14.6 Å². The van der Waals surface area contributed by atoms with Crippen molar-refractivity contribution in [2.45, 2.75) is 104 Å². The van der Waals surface area contributed by atoms with E-state index in [1.54, 1.807) is 6.07 Å². The van der Waals surface area contributed by atoms with Crippen LogP contribution in [-0.2, 0) is 12.8 Å². The topological polar surface area (TPSA) is 76.0 Å². The zero-order valence-electron chi connectivity index (χ0n) is 18.6. The Hall–Kier alpha value is -1.91. The van der Waals surface area contributed by atoms with Crippen molar-refractivity contribution in [1.82, 2.24) is 0 Å². The van der Waals surface area contributed by atoms with Gasteiger partial charge in [0.2, 0.25) is 5.75 Å². The van der Waals surface area contributed by atoms with Crippen LogP contribution in [0.2, 0.25) is 0 Å². The fraction of sp³-hybridized carbons (Fsp3) is 0.708. The molecule has 0 saturated heterocycles. The highest BCUT2D eigenvalue weighted by Gasteiger charge is 2.21. The highest BCUT2D eigenvalue weighted by molar-refractivity contribution is 5.66. The summed E-state index contributed by atoms with van der Waals surface area (Å²) in [5.41, 5.74) is 2.02. The van der Waals surface area contributed by atoms with Gasteiger partial charge in [-0.1, -0.05) is 72.1 Å². The standard InChI is InChI=1S/C24H40O5/c1-4-7-10-11-12-13-14-17-28-23-20(16-9-6-3)19(15-8-5-2)18-21(22(23)25)29-24(26)27/h18,25H,4-17H2,1-3H3,(H,26,27). The number of hydrogen-bond acceptors (Lipinski definition) is 4. The first-order chi connectivity index (χ1) is 14.0. The van der Waals surface area contributed by atoms with E-state index >= 15 is 0 Å². The Kier molecular flexibility index (Phi) is 13.0. The van der Waals surface area contributed by atoms with Gasteiger partial charge in [0.1, 0.15) is 0 Å². The lowest BCUT2D eigenvalue weighted by Crippen LogP contribution is -2.08. The van der Waals surface area contributed by atoms with Crippen molar-refractivity contribution in [2.75, 3.05) is 6.61 Å². The second-order valence-electron chi connectivity index (χ2n) is 7.73. The summed E-state index contributed by atoms with van der Waals surface area (Å²) >= 11 is 0. The van der Waals surface area contributed by atoms with E-state index in [0.29, 0.717) is 12.4 Å². The van der Waals surface area contributed by atoms with Crippen molar-refractivity contribution in [3.05, 3.63) is 17.2 Å². The van der Waals surface area contributed by atoms with E-state index in [9.17, 15) is 9.90 Å². The second kappa shape index (κ2) is 15.0. The van der Waals surface area contributed by atoms with Crippen molar-refractivity contribution in [3.8, 4) is 17.2 Å². The summed E-state index contributed by atoms with van der Waals surface area (Å²) in [6, 6.07) is 1.67. The van der Waals surface area contributed by atoms with E-state index < -0.39 is 6.16 Å². The van der Waals surface area contributed by atoms with Gasteiger partial charge < -0.3 is 19.7 Å². The fourth-order valence-corrected chi connectivity index (χ4v) is 3.49. The molecule has 1 rings (SSSR count). The molecule has 0 aliphatic carbocycles. The molecule has 0 saturated carbocycles. The Balaban J connectivity index is 2.92. The van der Waals surface area contributed by atoms with Crippen LogP contribution in [0.15, 0.2) is 6.07 Å². The van der Waals surface area contributed by atoms with E-state index in [2.05, 4.69) is 20.8 Å². The largest absolute Gasteiger partial charge is 0.511 e. The first-order valence-corrected chi connectivity index (χ1v) is 11.5. The zero-order chi connectivity index (χ0) is 21.5. The van der Waals surface area contributed by atoms with Gasteiger partial charge >= 0.3 is 6.16 Å². The number of carbonyl (C=O) groups is 1. The van der Waals surface area contributed by atoms with Crippen molar-refractivity contribution >= 4 is 6.16 Å². The molecular formula is C24H40O5. The number of ether oxygens (including phenoxy) is 2. The maximum Gasteiger partial charge on any atom is 0.511 e. The van der Waals surface area contributed by atoms with Crippen molar-refractivity contribution < 1.29 is 24.5 Å². The minimum atomic E-state index is -1.43. The van der Waals surface area contributed by atoms with Crippen LogP contribution in [0.4, 0.5) is 4.79 Å². The van der Waals surface area contributed by atoms with Crippen LogP contribution in [0.3, 0.4) is 0 Å². The molecule has 0 aliphatic rings. The number of aryl methyl sites for hydroxylation is 1. The maximum atomic E-state index is 11.0. The quantitative estimate of drug-likeness (QED) is 0.171. The van der Waals surface area contributed by atoms with Gasteiger partial charge in [-0.05, 0) is 43.7 Å². The molecule has 5 nitrogen and oxygen atoms in total. The number of rotatable bonds is 16. The van der Waals surface area contributed by atoms with Crippen molar-refractivity contribution in [3.63, 3.8) is 0 Å². The second-order valence-corrected chi connectivity index (χ2v) is 7.73. The van der Waals surface area contributed by atoms with Crippen LogP contribution in [0.25, 0.3) is 0 Å². The first-order valence-electron chi connectivity index (χ1n) is 11.5. The van der Waals surface area contributed by atoms with E-state index in [0.717, 1.165) is 62.5 Å². The van der Waals surface area contributed by atoms with Gasteiger partial charge in [0.15, 0.2) is 11.5 Å². The highest BCUT2D eigenvalue weighted by atomic mass is 16.7. The van der Waals surface area contributed by atoms with Crippen LogP contribution in [0.1, 0.15) is 103 Å². The minimum Gasteiger partial charge on any atom is -0.502 e. The highest BCUT2D eigenvalue weighted by Crippen LogP contribution is 2.43. The molecule has 0 radical (unpaired) electrons. The molecule has 1 aromatic rings. The monoisotopic (exact) mass is 408 g/mol. The average molecular weight is 409 g/mol. The first kappa shape index (κ1) is 25.1. The summed E-state index contributed by atoms with van der Waals surface area (Å²) in [6.45, 7) is 6.99. The summed E-state index contributed by atoms with van der Waals surface area (Å²) in [5.74, 6) is 0.189. The number of phenolic OH excluding ortho intramolecular Hbond substituents is 1. The third-order valence-corrected chi connectivity index (χ3v) is 5.19. The Morgan fingerprint density at radius 2 is 1.45 bits per heavy atom. The molecule has 0 bridgehead atoms. The Morgan fingerprint density at radius 1 is 0.862 bits per heavy atom. The number of benzene rings is 1. The normalized spacial score (nSPS) is 10.9. The fourth-order valence-electron chi connectivity index (χ4n) is 3.49. The molecule has 0 amide bonds. The number of phenols is 1. The molecule has 5 heteroatoms. The smallest absolute Gasteiger partial charge is 0.502 e. The molecule has 0 unspecified atom stereocenters. The van der Waals surface area contributed by atoms with Gasteiger partial charge in [0, 0.05) is 5.56 Å². The van der Waals surface area contributed by atoms with E-state index in [-0.39, 0.29) is 11.5 Å². The lowest BCUT2D eigenvalue weighted by molar-refractivity contribution is 0.142. The molecule has 1 aromatic carbocycles. The van der Waals surface area contributed by atoms with Gasteiger partial charge in [0.25, 0.3) is 0 Å². The molecule has 0 fully saturated rings. The van der Waals surface area contributed by atoms with Gasteiger partial charge in [-0.2, -0.15) is 0 Å². The van der Waals surface area contributed by atoms with Gasteiger partial charge in [-0.15, -0.1) is 0 Å². The summed E-state index contributed by atoms with van der Waals surface area (Å²) in [4.78, 5) is 11.0. The lowest BCUT2D eigenvalue weighted by Gasteiger charge is -2.19. The number of hydrogen-bond donors (Lipinski definition) is 2. The molecule has 0 aromatic heterocycles. The van der Waals surface area contributed by atoms with Crippen LogP contribution < -0.4 is 9.47 Å². The molecule has 166 valence electrons. The lowest BCUT2D eigenvalue weighted by atomic mass is 9.96. The van der Waals surface area contributed by atoms with Crippen LogP contribution in [0.5, 0.6) is 17.2 Å². The Morgan fingerprint density at radius 3 is 2.07 bits per heavy atom. The number of carboxylic acid groups (broad SMARTS) is 1. The average Bonchev–Trinajstić information content (AvgIpc) is 2.69. The van der Waals surface area contributed by atoms with Gasteiger partial charge in [-0.25, -0.2) is 4.79 Å². The van der Waals surface area contributed by atoms with Gasteiger partial charge in [-0.3, -0.25) is 0 Å². The maximum absolute atomic E-state index is 11.0. The van der Waals surface area contributed by atoms with Crippen molar-refractivity contribution in [2.24, 2.45) is 0 Å². The Labute approximate surface area is 176 Å². The number of unbranched alkanes of at least 4 members (excludes halogenated alkanes) is 8. The molecule has 2 N–H and O–H groups in total. The predicted octanol–water partition coefficient (Wildman–Crippen LogP) is 7.26.